The minimum atomic E-state index is -2.93. The number of fused-ring (bicyclic) bond motifs is 1. The Morgan fingerprint density at radius 1 is 1.00 bits per heavy atom. The fraction of sp³-hybridized carbons (Fsp3) is 0.556. The molecule has 2 aliphatic heterocycles. The molecule has 7 heteroatoms. The van der Waals surface area contributed by atoms with Crippen LogP contribution in [0, 0.1) is 0 Å². The molecule has 2 aliphatic rings. The van der Waals surface area contributed by atoms with Crippen LogP contribution < -0.4 is 14.9 Å². The molecule has 0 aliphatic carbocycles. The van der Waals surface area contributed by atoms with Gasteiger partial charge in [-0.3, -0.25) is 0 Å². The van der Waals surface area contributed by atoms with Gasteiger partial charge in [-0.05, 0) is 59.1 Å². The van der Waals surface area contributed by atoms with Gasteiger partial charge in [-0.2, -0.15) is 8.78 Å². The van der Waals surface area contributed by atoms with Crippen molar-refractivity contribution in [2.45, 2.75) is 65.0 Å². The number of benzene rings is 1. The van der Waals surface area contributed by atoms with Crippen LogP contribution in [-0.4, -0.2) is 30.5 Å². The van der Waals surface area contributed by atoms with Crippen molar-refractivity contribution in [2.24, 2.45) is 0 Å². The molecular formula is C18H23BF2O4. The predicted molar refractivity (Wildman–Crippen MR) is 92.5 cm³/mol. The first-order valence-electron chi connectivity index (χ1n) is 8.27. The second kappa shape index (κ2) is 5.71. The Labute approximate surface area is 147 Å². The van der Waals surface area contributed by atoms with Crippen molar-refractivity contribution < 1.29 is 27.6 Å². The van der Waals surface area contributed by atoms with Gasteiger partial charge in [0.2, 0.25) is 0 Å². The summed E-state index contributed by atoms with van der Waals surface area (Å²) in [7, 11) is -0.617. The molecule has 1 aromatic carbocycles. The van der Waals surface area contributed by atoms with E-state index in [-0.39, 0.29) is 11.5 Å². The van der Waals surface area contributed by atoms with Gasteiger partial charge in [-0.25, -0.2) is 0 Å². The lowest BCUT2D eigenvalue weighted by Gasteiger charge is -2.32. The smallest absolute Gasteiger partial charge is 0.479 e. The van der Waals surface area contributed by atoms with Gasteiger partial charge in [0.1, 0.15) is 5.60 Å². The first-order chi connectivity index (χ1) is 11.4. The van der Waals surface area contributed by atoms with E-state index < -0.39 is 30.5 Å². The number of hydrogen-bond acceptors (Lipinski definition) is 4. The summed E-state index contributed by atoms with van der Waals surface area (Å²) in [5.74, 6) is 0.280. The molecule has 2 heterocycles. The van der Waals surface area contributed by atoms with Gasteiger partial charge in [0.05, 0.1) is 11.2 Å². The van der Waals surface area contributed by atoms with E-state index in [1.807, 2.05) is 53.7 Å². The van der Waals surface area contributed by atoms with E-state index in [2.05, 4.69) is 4.74 Å². The van der Waals surface area contributed by atoms with Crippen molar-refractivity contribution in [3.8, 4) is 11.5 Å². The van der Waals surface area contributed by atoms with Gasteiger partial charge in [-0.15, -0.1) is 0 Å². The maximum Gasteiger partial charge on any atom is 0.495 e. The molecule has 0 aromatic heterocycles. The third-order valence-electron chi connectivity index (χ3n) is 4.93. The Hall–Kier alpha value is -1.60. The maximum absolute atomic E-state index is 12.7. The highest BCUT2D eigenvalue weighted by Crippen LogP contribution is 2.41. The van der Waals surface area contributed by atoms with Gasteiger partial charge >= 0.3 is 13.7 Å². The number of hydrogen-bond donors (Lipinski definition) is 0. The molecule has 3 rings (SSSR count). The van der Waals surface area contributed by atoms with Crippen LogP contribution in [0.15, 0.2) is 18.2 Å². The quantitative estimate of drug-likeness (QED) is 0.776. The third kappa shape index (κ3) is 3.27. The van der Waals surface area contributed by atoms with Gasteiger partial charge in [0.25, 0.3) is 0 Å². The molecule has 4 nitrogen and oxygen atoms in total. The van der Waals surface area contributed by atoms with E-state index >= 15 is 0 Å². The second-order valence-electron chi connectivity index (χ2n) is 7.90. The fourth-order valence-electron chi connectivity index (χ4n) is 2.82. The largest absolute Gasteiger partial charge is 0.495 e. The zero-order valence-electron chi connectivity index (χ0n) is 15.4. The Balaban J connectivity index is 2.06. The molecular weight excluding hydrogens is 329 g/mol. The topological polar surface area (TPSA) is 36.9 Å². The van der Waals surface area contributed by atoms with Gasteiger partial charge in [0, 0.05) is 5.56 Å². The molecule has 0 atom stereocenters. The van der Waals surface area contributed by atoms with Crippen LogP contribution in [0.25, 0.3) is 6.08 Å². The van der Waals surface area contributed by atoms with Gasteiger partial charge in [0.15, 0.2) is 11.5 Å². The summed E-state index contributed by atoms with van der Waals surface area (Å²) in [5.41, 5.74) is -0.262. The summed E-state index contributed by atoms with van der Waals surface area (Å²) in [5, 5.41) is 0. The lowest BCUT2D eigenvalue weighted by Crippen LogP contribution is -2.41. The molecule has 0 spiro atoms. The summed E-state index contributed by atoms with van der Waals surface area (Å²) >= 11 is 0. The van der Waals surface area contributed by atoms with E-state index in [0.717, 1.165) is 5.46 Å². The van der Waals surface area contributed by atoms with E-state index in [1.165, 1.54) is 6.07 Å². The zero-order valence-corrected chi connectivity index (χ0v) is 15.4. The average molecular weight is 352 g/mol. The first-order valence-corrected chi connectivity index (χ1v) is 8.27. The monoisotopic (exact) mass is 352 g/mol. The molecule has 0 saturated carbocycles. The second-order valence-corrected chi connectivity index (χ2v) is 7.90. The third-order valence-corrected chi connectivity index (χ3v) is 4.93. The van der Waals surface area contributed by atoms with Crippen LogP contribution in [0.1, 0.15) is 47.1 Å². The van der Waals surface area contributed by atoms with Crippen LogP contribution in [0.5, 0.6) is 11.5 Å². The van der Waals surface area contributed by atoms with Crippen molar-refractivity contribution in [3.05, 3.63) is 23.8 Å². The van der Waals surface area contributed by atoms with Gasteiger partial charge < -0.3 is 18.8 Å². The summed E-state index contributed by atoms with van der Waals surface area (Å²) in [6.07, 6.45) is 3.72. The minimum Gasteiger partial charge on any atom is -0.479 e. The molecule has 25 heavy (non-hydrogen) atoms. The predicted octanol–water partition coefficient (Wildman–Crippen LogP) is 3.77. The molecule has 136 valence electrons. The summed E-state index contributed by atoms with van der Waals surface area (Å²) in [6, 6.07) is 3.16. The summed E-state index contributed by atoms with van der Waals surface area (Å²) in [6.45, 7) is 8.61. The molecule has 0 unspecified atom stereocenters. The summed E-state index contributed by atoms with van der Waals surface area (Å²) < 4.78 is 48.2. The number of halogens is 2. The molecule has 0 amide bonds. The van der Waals surface area contributed by atoms with Crippen LogP contribution in [0.4, 0.5) is 8.78 Å². The van der Waals surface area contributed by atoms with E-state index in [0.29, 0.717) is 5.56 Å². The minimum absolute atomic E-state index is 0.00249. The van der Waals surface area contributed by atoms with Crippen molar-refractivity contribution in [2.75, 3.05) is 0 Å². The number of rotatable bonds is 3. The molecule has 1 saturated heterocycles. The maximum atomic E-state index is 12.7. The van der Waals surface area contributed by atoms with E-state index in [4.69, 9.17) is 14.0 Å². The lowest BCUT2D eigenvalue weighted by molar-refractivity contribution is -0.0526. The van der Waals surface area contributed by atoms with Crippen LogP contribution in [-0.2, 0) is 9.31 Å². The highest BCUT2D eigenvalue weighted by atomic mass is 19.3. The molecule has 1 fully saturated rings. The van der Waals surface area contributed by atoms with Crippen molar-refractivity contribution in [1.82, 2.24) is 0 Å². The van der Waals surface area contributed by atoms with Crippen molar-refractivity contribution >= 4 is 18.7 Å². The SMILES string of the molecule is CC1(C)C=Cc2c(B3OC(C)(C)C(C)(C)O3)ccc(OC(F)F)c2O1. The average Bonchev–Trinajstić information content (AvgIpc) is 2.66. The molecule has 0 N–H and O–H groups in total. The Morgan fingerprint density at radius 2 is 1.60 bits per heavy atom. The Kier molecular flexibility index (Phi) is 4.16. The normalized spacial score (nSPS) is 22.7. The standard InChI is InChI=1S/C18H23BF2O4/c1-16(2)10-9-11-12(19-24-17(3,4)18(5,6)25-19)7-8-13(14(11)23-16)22-15(20)21/h7-10,15H,1-6H3. The van der Waals surface area contributed by atoms with E-state index in [9.17, 15) is 8.78 Å². The zero-order chi connectivity index (χ0) is 18.6. The Morgan fingerprint density at radius 3 is 2.16 bits per heavy atom. The van der Waals surface area contributed by atoms with Crippen LogP contribution >= 0.6 is 0 Å². The first kappa shape index (κ1) is 18.2. The molecule has 1 aromatic rings. The van der Waals surface area contributed by atoms with Gasteiger partial charge in [-0.1, -0.05) is 12.1 Å². The number of alkyl halides is 2. The highest BCUT2D eigenvalue weighted by Gasteiger charge is 2.52. The van der Waals surface area contributed by atoms with Crippen LogP contribution in [0.3, 0.4) is 0 Å². The van der Waals surface area contributed by atoms with Crippen LogP contribution in [0.2, 0.25) is 0 Å². The molecule has 0 bridgehead atoms. The fourth-order valence-corrected chi connectivity index (χ4v) is 2.82. The van der Waals surface area contributed by atoms with E-state index in [1.54, 1.807) is 6.07 Å². The summed E-state index contributed by atoms with van der Waals surface area (Å²) in [4.78, 5) is 0. The lowest BCUT2D eigenvalue weighted by atomic mass is 9.74. The van der Waals surface area contributed by atoms with Crippen molar-refractivity contribution in [3.63, 3.8) is 0 Å². The highest BCUT2D eigenvalue weighted by molar-refractivity contribution is 6.63. The molecule has 0 radical (unpaired) electrons. The Bertz CT molecular complexity index is 697. The number of ether oxygens (including phenoxy) is 2. The van der Waals surface area contributed by atoms with Crippen molar-refractivity contribution in [1.29, 1.82) is 0 Å².